The summed E-state index contributed by atoms with van der Waals surface area (Å²) in [6.45, 7) is 6.35. The van der Waals surface area contributed by atoms with Crippen LogP contribution in [0.25, 0.3) is 0 Å². The number of nitrogens with zero attached hydrogens (tertiary/aromatic N) is 1. The Bertz CT molecular complexity index is 255. The summed E-state index contributed by atoms with van der Waals surface area (Å²) in [5, 5.41) is 2.14. The average molecular weight is 226 g/mol. The van der Waals surface area contributed by atoms with Crippen molar-refractivity contribution in [1.82, 2.24) is 4.90 Å². The van der Waals surface area contributed by atoms with Gasteiger partial charge in [0.25, 0.3) is 0 Å². The van der Waals surface area contributed by atoms with Gasteiger partial charge < -0.3 is 5.73 Å². The maximum absolute atomic E-state index is 5.73. The van der Waals surface area contributed by atoms with E-state index in [1.54, 1.807) is 0 Å². The SMILES string of the molecule is CCC(CN)CN(C)C(C)c1cccs1. The number of nitrogens with two attached hydrogens (primary N) is 1. The van der Waals surface area contributed by atoms with Crippen LogP contribution in [0.15, 0.2) is 17.5 Å². The van der Waals surface area contributed by atoms with E-state index in [4.69, 9.17) is 5.73 Å². The lowest BCUT2D eigenvalue weighted by atomic mass is 10.1. The molecular weight excluding hydrogens is 204 g/mol. The minimum absolute atomic E-state index is 0.505. The maximum atomic E-state index is 5.73. The molecule has 0 bridgehead atoms. The van der Waals surface area contributed by atoms with Crippen molar-refractivity contribution in [3.8, 4) is 0 Å². The summed E-state index contributed by atoms with van der Waals surface area (Å²) < 4.78 is 0. The van der Waals surface area contributed by atoms with Gasteiger partial charge in [-0.3, -0.25) is 4.90 Å². The van der Waals surface area contributed by atoms with Crippen LogP contribution in [-0.4, -0.2) is 25.0 Å². The van der Waals surface area contributed by atoms with Gasteiger partial charge in [0, 0.05) is 17.5 Å². The van der Waals surface area contributed by atoms with Crippen molar-refractivity contribution in [3.63, 3.8) is 0 Å². The van der Waals surface area contributed by atoms with Gasteiger partial charge in [-0.25, -0.2) is 0 Å². The van der Waals surface area contributed by atoms with Crippen molar-refractivity contribution in [2.45, 2.75) is 26.3 Å². The van der Waals surface area contributed by atoms with Crippen LogP contribution in [0.5, 0.6) is 0 Å². The summed E-state index contributed by atoms with van der Waals surface area (Å²) >= 11 is 1.83. The lowest BCUT2D eigenvalue weighted by Gasteiger charge is -2.27. The Morgan fingerprint density at radius 1 is 1.53 bits per heavy atom. The minimum atomic E-state index is 0.505. The Labute approximate surface area is 97.1 Å². The van der Waals surface area contributed by atoms with E-state index in [1.807, 2.05) is 11.3 Å². The van der Waals surface area contributed by atoms with Gasteiger partial charge in [-0.15, -0.1) is 11.3 Å². The minimum Gasteiger partial charge on any atom is -0.330 e. The molecule has 0 spiro atoms. The fraction of sp³-hybridized carbons (Fsp3) is 0.667. The quantitative estimate of drug-likeness (QED) is 0.808. The van der Waals surface area contributed by atoms with Gasteiger partial charge in [-0.2, -0.15) is 0 Å². The second-order valence-electron chi connectivity index (χ2n) is 4.14. The first-order valence-electron chi connectivity index (χ1n) is 5.62. The van der Waals surface area contributed by atoms with E-state index >= 15 is 0 Å². The molecule has 2 unspecified atom stereocenters. The van der Waals surface area contributed by atoms with E-state index < -0.39 is 0 Å². The molecule has 0 aliphatic heterocycles. The number of hydrogen-bond donors (Lipinski definition) is 1. The molecule has 1 rings (SSSR count). The molecule has 86 valence electrons. The molecule has 3 heteroatoms. The molecule has 2 atom stereocenters. The third-order valence-corrected chi connectivity index (χ3v) is 4.12. The van der Waals surface area contributed by atoms with Crippen LogP contribution >= 0.6 is 11.3 Å². The number of thiophene rings is 1. The van der Waals surface area contributed by atoms with Gasteiger partial charge in [0.2, 0.25) is 0 Å². The van der Waals surface area contributed by atoms with E-state index in [0.717, 1.165) is 19.5 Å². The third kappa shape index (κ3) is 3.59. The van der Waals surface area contributed by atoms with Crippen molar-refractivity contribution < 1.29 is 0 Å². The fourth-order valence-corrected chi connectivity index (χ4v) is 2.53. The van der Waals surface area contributed by atoms with Gasteiger partial charge in [-0.1, -0.05) is 19.4 Å². The van der Waals surface area contributed by atoms with Crippen LogP contribution in [0.1, 0.15) is 31.2 Å². The van der Waals surface area contributed by atoms with Crippen LogP contribution in [0.4, 0.5) is 0 Å². The lowest BCUT2D eigenvalue weighted by molar-refractivity contribution is 0.221. The van der Waals surface area contributed by atoms with E-state index in [9.17, 15) is 0 Å². The molecule has 2 N–H and O–H groups in total. The van der Waals surface area contributed by atoms with Crippen LogP contribution < -0.4 is 5.73 Å². The van der Waals surface area contributed by atoms with Gasteiger partial charge in [-0.05, 0) is 37.9 Å². The van der Waals surface area contributed by atoms with Gasteiger partial charge in [0.1, 0.15) is 0 Å². The smallest absolute Gasteiger partial charge is 0.0410 e. The fourth-order valence-electron chi connectivity index (χ4n) is 1.68. The van der Waals surface area contributed by atoms with Crippen molar-refractivity contribution in [1.29, 1.82) is 0 Å². The third-order valence-electron chi connectivity index (χ3n) is 3.07. The molecule has 2 nitrogen and oxygen atoms in total. The molecule has 0 saturated carbocycles. The van der Waals surface area contributed by atoms with Gasteiger partial charge in [0.15, 0.2) is 0 Å². The zero-order valence-corrected chi connectivity index (χ0v) is 10.8. The van der Waals surface area contributed by atoms with E-state index in [0.29, 0.717) is 12.0 Å². The Morgan fingerprint density at radius 2 is 2.27 bits per heavy atom. The first-order chi connectivity index (χ1) is 7.19. The maximum Gasteiger partial charge on any atom is 0.0410 e. The Morgan fingerprint density at radius 3 is 2.73 bits per heavy atom. The molecule has 1 heterocycles. The molecule has 0 aromatic carbocycles. The highest BCUT2D eigenvalue weighted by molar-refractivity contribution is 7.10. The molecule has 0 aliphatic rings. The average Bonchev–Trinajstić information content (AvgIpc) is 2.77. The zero-order chi connectivity index (χ0) is 11.3. The van der Waals surface area contributed by atoms with Crippen LogP contribution in [-0.2, 0) is 0 Å². The lowest BCUT2D eigenvalue weighted by Crippen LogP contribution is -2.31. The number of rotatable bonds is 6. The van der Waals surface area contributed by atoms with Crippen molar-refractivity contribution in [2.75, 3.05) is 20.1 Å². The highest BCUT2D eigenvalue weighted by Gasteiger charge is 2.15. The van der Waals surface area contributed by atoms with E-state index in [-0.39, 0.29) is 0 Å². The zero-order valence-electron chi connectivity index (χ0n) is 9.94. The molecule has 0 saturated heterocycles. The molecular formula is C12H22N2S. The molecule has 0 radical (unpaired) electrons. The van der Waals surface area contributed by atoms with Gasteiger partial charge >= 0.3 is 0 Å². The van der Waals surface area contributed by atoms with Crippen molar-refractivity contribution in [2.24, 2.45) is 11.7 Å². The van der Waals surface area contributed by atoms with Crippen LogP contribution in [0, 0.1) is 5.92 Å². The topological polar surface area (TPSA) is 29.3 Å². The highest BCUT2D eigenvalue weighted by atomic mass is 32.1. The Hall–Kier alpha value is -0.380. The van der Waals surface area contributed by atoms with Crippen molar-refractivity contribution >= 4 is 11.3 Å². The highest BCUT2D eigenvalue weighted by Crippen LogP contribution is 2.24. The van der Waals surface area contributed by atoms with Crippen LogP contribution in [0.3, 0.4) is 0 Å². The normalized spacial score (nSPS) is 15.5. The summed E-state index contributed by atoms with van der Waals surface area (Å²) in [4.78, 5) is 3.83. The molecule has 15 heavy (non-hydrogen) atoms. The molecule has 0 aliphatic carbocycles. The summed E-state index contributed by atoms with van der Waals surface area (Å²) in [5.74, 6) is 0.623. The predicted molar refractivity (Wildman–Crippen MR) is 68.2 cm³/mol. The van der Waals surface area contributed by atoms with Gasteiger partial charge in [0.05, 0.1) is 0 Å². The number of hydrogen-bond acceptors (Lipinski definition) is 3. The molecule has 1 aromatic rings. The molecule has 0 amide bonds. The first-order valence-corrected chi connectivity index (χ1v) is 6.50. The Balaban J connectivity index is 2.49. The molecule has 1 aromatic heterocycles. The first kappa shape index (κ1) is 12.7. The summed E-state index contributed by atoms with van der Waals surface area (Å²) in [6.07, 6.45) is 1.16. The van der Waals surface area contributed by atoms with Crippen molar-refractivity contribution in [3.05, 3.63) is 22.4 Å². The second-order valence-corrected chi connectivity index (χ2v) is 5.12. The summed E-state index contributed by atoms with van der Waals surface area (Å²) in [7, 11) is 2.18. The second kappa shape index (κ2) is 6.26. The van der Waals surface area contributed by atoms with E-state index in [2.05, 4.69) is 43.3 Å². The van der Waals surface area contributed by atoms with Crippen LogP contribution in [0.2, 0.25) is 0 Å². The predicted octanol–water partition coefficient (Wildman–Crippen LogP) is 2.73. The van der Waals surface area contributed by atoms with E-state index in [1.165, 1.54) is 4.88 Å². The standard InChI is InChI=1S/C12H22N2S/c1-4-11(8-13)9-14(3)10(2)12-6-5-7-15-12/h5-7,10-11H,4,8-9,13H2,1-3H3. The monoisotopic (exact) mass is 226 g/mol. The molecule has 0 fully saturated rings. The summed E-state index contributed by atoms with van der Waals surface area (Å²) in [5.41, 5.74) is 5.73. The largest absolute Gasteiger partial charge is 0.330 e. The summed E-state index contributed by atoms with van der Waals surface area (Å²) in [6, 6.07) is 4.82. The Kier molecular flexibility index (Phi) is 5.29.